The summed E-state index contributed by atoms with van der Waals surface area (Å²) >= 11 is 5.79. The summed E-state index contributed by atoms with van der Waals surface area (Å²) in [6.45, 7) is 0. The molecule has 0 aromatic heterocycles. The molecule has 0 bridgehead atoms. The van der Waals surface area contributed by atoms with Gasteiger partial charge in [-0.2, -0.15) is 0 Å². The van der Waals surface area contributed by atoms with Gasteiger partial charge >= 0.3 is 0 Å². The topological polar surface area (TPSA) is 17.1 Å². The molecule has 70 valence electrons. The standard InChI is InChI=1S/C12H9ClO/c13-12-5-3-10(4-6-12)11-2-1-9(7-11)8-14/h1-6,8H,7H2. The minimum absolute atomic E-state index is 0.727. The van der Waals surface area contributed by atoms with Gasteiger partial charge in [-0.05, 0) is 28.8 Å². The van der Waals surface area contributed by atoms with E-state index in [0.29, 0.717) is 0 Å². The third-order valence-electron chi connectivity index (χ3n) is 2.26. The summed E-state index contributed by atoms with van der Waals surface area (Å²) in [6.07, 6.45) is 5.47. The van der Waals surface area contributed by atoms with Crippen molar-refractivity contribution in [2.45, 2.75) is 6.42 Å². The molecule has 0 unspecified atom stereocenters. The highest BCUT2D eigenvalue weighted by Gasteiger charge is 2.08. The molecule has 0 amide bonds. The quantitative estimate of drug-likeness (QED) is 0.676. The first-order chi connectivity index (χ1) is 6.79. The van der Waals surface area contributed by atoms with E-state index >= 15 is 0 Å². The van der Waals surface area contributed by atoms with E-state index in [9.17, 15) is 4.79 Å². The number of hydrogen-bond acceptors (Lipinski definition) is 1. The van der Waals surface area contributed by atoms with Crippen LogP contribution in [0, 0.1) is 0 Å². The molecule has 2 rings (SSSR count). The minimum Gasteiger partial charge on any atom is -0.298 e. The maximum atomic E-state index is 10.5. The molecular weight excluding hydrogens is 196 g/mol. The fourth-order valence-corrected chi connectivity index (χ4v) is 1.61. The van der Waals surface area contributed by atoms with E-state index in [1.165, 1.54) is 5.57 Å². The van der Waals surface area contributed by atoms with E-state index in [1.807, 2.05) is 36.4 Å². The zero-order chi connectivity index (χ0) is 9.97. The van der Waals surface area contributed by atoms with Gasteiger partial charge in [-0.25, -0.2) is 0 Å². The Morgan fingerprint density at radius 1 is 1.14 bits per heavy atom. The Kier molecular flexibility index (Phi) is 2.51. The maximum absolute atomic E-state index is 10.5. The largest absolute Gasteiger partial charge is 0.298 e. The van der Waals surface area contributed by atoms with Crippen molar-refractivity contribution < 1.29 is 4.79 Å². The Bertz CT molecular complexity index is 412. The van der Waals surface area contributed by atoms with Gasteiger partial charge in [0, 0.05) is 11.4 Å². The minimum atomic E-state index is 0.727. The van der Waals surface area contributed by atoms with Crippen LogP contribution in [0.2, 0.25) is 5.02 Å². The molecule has 1 aromatic rings. The second kappa shape index (κ2) is 3.81. The Morgan fingerprint density at radius 3 is 2.43 bits per heavy atom. The van der Waals surface area contributed by atoms with Crippen LogP contribution >= 0.6 is 11.6 Å². The highest BCUT2D eigenvalue weighted by atomic mass is 35.5. The Labute approximate surface area is 87.7 Å². The number of carbonyl (C=O) groups is 1. The number of benzene rings is 1. The van der Waals surface area contributed by atoms with Crippen LogP contribution in [0.5, 0.6) is 0 Å². The lowest BCUT2D eigenvalue weighted by atomic mass is 10.0. The van der Waals surface area contributed by atoms with Crippen molar-refractivity contribution in [3.05, 3.63) is 52.6 Å². The van der Waals surface area contributed by atoms with Crippen molar-refractivity contribution in [1.82, 2.24) is 0 Å². The summed E-state index contributed by atoms with van der Waals surface area (Å²) in [5, 5.41) is 0.732. The van der Waals surface area contributed by atoms with Gasteiger partial charge in [-0.15, -0.1) is 0 Å². The van der Waals surface area contributed by atoms with Crippen LogP contribution in [-0.2, 0) is 4.79 Å². The summed E-state index contributed by atoms with van der Waals surface area (Å²) in [6, 6.07) is 7.65. The van der Waals surface area contributed by atoms with Gasteiger partial charge in [0.05, 0.1) is 0 Å². The van der Waals surface area contributed by atoms with E-state index in [0.717, 1.165) is 28.9 Å². The van der Waals surface area contributed by atoms with Crippen LogP contribution in [0.3, 0.4) is 0 Å². The van der Waals surface area contributed by atoms with Crippen molar-refractivity contribution in [3.8, 4) is 0 Å². The number of carbonyl (C=O) groups excluding carboxylic acids is 1. The zero-order valence-electron chi connectivity index (χ0n) is 7.53. The van der Waals surface area contributed by atoms with Crippen LogP contribution in [-0.4, -0.2) is 6.29 Å². The van der Waals surface area contributed by atoms with E-state index < -0.39 is 0 Å². The lowest BCUT2D eigenvalue weighted by molar-refractivity contribution is -0.104. The predicted octanol–water partition coefficient (Wildman–Crippen LogP) is 3.25. The average molecular weight is 205 g/mol. The first-order valence-electron chi connectivity index (χ1n) is 4.40. The fourth-order valence-electron chi connectivity index (χ4n) is 1.49. The monoisotopic (exact) mass is 204 g/mol. The van der Waals surface area contributed by atoms with Gasteiger partial charge in [0.1, 0.15) is 6.29 Å². The van der Waals surface area contributed by atoms with Crippen molar-refractivity contribution in [2.24, 2.45) is 0 Å². The first-order valence-corrected chi connectivity index (χ1v) is 4.78. The molecule has 1 aromatic carbocycles. The number of halogens is 1. The van der Waals surface area contributed by atoms with Crippen molar-refractivity contribution in [3.63, 3.8) is 0 Å². The van der Waals surface area contributed by atoms with E-state index in [4.69, 9.17) is 11.6 Å². The van der Waals surface area contributed by atoms with Crippen LogP contribution < -0.4 is 0 Å². The molecule has 1 aliphatic carbocycles. The molecule has 1 aliphatic rings. The third kappa shape index (κ3) is 1.78. The number of rotatable bonds is 2. The van der Waals surface area contributed by atoms with Crippen LogP contribution in [0.1, 0.15) is 12.0 Å². The fraction of sp³-hybridized carbons (Fsp3) is 0.0833. The molecule has 0 saturated carbocycles. The Balaban J connectivity index is 2.20. The summed E-state index contributed by atoms with van der Waals surface area (Å²) in [5.41, 5.74) is 3.13. The van der Waals surface area contributed by atoms with Crippen molar-refractivity contribution in [1.29, 1.82) is 0 Å². The van der Waals surface area contributed by atoms with Crippen LogP contribution in [0.25, 0.3) is 5.57 Å². The molecule has 0 radical (unpaired) electrons. The van der Waals surface area contributed by atoms with Gasteiger partial charge in [0.15, 0.2) is 0 Å². The second-order valence-corrected chi connectivity index (χ2v) is 3.67. The highest BCUT2D eigenvalue weighted by molar-refractivity contribution is 6.30. The van der Waals surface area contributed by atoms with Crippen LogP contribution in [0.4, 0.5) is 0 Å². The Morgan fingerprint density at radius 2 is 1.86 bits per heavy atom. The van der Waals surface area contributed by atoms with Gasteiger partial charge < -0.3 is 0 Å². The molecule has 0 N–H and O–H groups in total. The van der Waals surface area contributed by atoms with Crippen molar-refractivity contribution >= 4 is 23.5 Å². The SMILES string of the molecule is O=CC1=CC=C(c2ccc(Cl)cc2)C1. The highest BCUT2D eigenvalue weighted by Crippen LogP contribution is 2.27. The van der Waals surface area contributed by atoms with Crippen molar-refractivity contribution in [2.75, 3.05) is 0 Å². The van der Waals surface area contributed by atoms with Gasteiger partial charge in [0.25, 0.3) is 0 Å². The smallest absolute Gasteiger partial charge is 0.146 e. The summed E-state index contributed by atoms with van der Waals surface area (Å²) in [7, 11) is 0. The first kappa shape index (κ1) is 9.22. The molecule has 0 atom stereocenters. The molecule has 1 nitrogen and oxygen atoms in total. The molecule has 0 spiro atoms. The number of allylic oxidation sites excluding steroid dienone is 4. The summed E-state index contributed by atoms with van der Waals surface area (Å²) in [5.74, 6) is 0. The van der Waals surface area contributed by atoms with Gasteiger partial charge in [-0.3, -0.25) is 4.79 Å². The molecule has 14 heavy (non-hydrogen) atoms. The van der Waals surface area contributed by atoms with Gasteiger partial charge in [-0.1, -0.05) is 35.9 Å². The molecule has 2 heteroatoms. The number of aldehydes is 1. The lowest BCUT2D eigenvalue weighted by Gasteiger charge is -2.02. The average Bonchev–Trinajstić information content (AvgIpc) is 2.67. The summed E-state index contributed by atoms with van der Waals surface area (Å²) < 4.78 is 0. The van der Waals surface area contributed by atoms with Crippen LogP contribution in [0.15, 0.2) is 42.0 Å². The third-order valence-corrected chi connectivity index (χ3v) is 2.51. The lowest BCUT2D eigenvalue weighted by Crippen LogP contribution is -1.84. The number of hydrogen-bond donors (Lipinski definition) is 0. The maximum Gasteiger partial charge on any atom is 0.146 e. The molecular formula is C12H9ClO. The zero-order valence-corrected chi connectivity index (χ0v) is 8.29. The van der Waals surface area contributed by atoms with E-state index in [-0.39, 0.29) is 0 Å². The summed E-state index contributed by atoms with van der Waals surface area (Å²) in [4.78, 5) is 10.5. The molecule has 0 fully saturated rings. The normalized spacial score (nSPS) is 14.9. The molecule has 0 saturated heterocycles. The predicted molar refractivity (Wildman–Crippen MR) is 58.2 cm³/mol. The second-order valence-electron chi connectivity index (χ2n) is 3.24. The molecule has 0 aliphatic heterocycles. The van der Waals surface area contributed by atoms with E-state index in [1.54, 1.807) is 0 Å². The Hall–Kier alpha value is -1.34. The van der Waals surface area contributed by atoms with Gasteiger partial charge in [0.2, 0.25) is 0 Å². The molecule has 0 heterocycles. The van der Waals surface area contributed by atoms with E-state index in [2.05, 4.69) is 0 Å².